The lowest BCUT2D eigenvalue weighted by Gasteiger charge is -2.23. The van der Waals surface area contributed by atoms with Crippen molar-refractivity contribution in [3.8, 4) is 0 Å². The number of amides is 1. The summed E-state index contributed by atoms with van der Waals surface area (Å²) in [6.45, 7) is 10.5. The Labute approximate surface area is 172 Å². The zero-order chi connectivity index (χ0) is 20.1. The van der Waals surface area contributed by atoms with Crippen LogP contribution in [0.5, 0.6) is 0 Å². The van der Waals surface area contributed by atoms with Gasteiger partial charge < -0.3 is 10.2 Å². The van der Waals surface area contributed by atoms with Gasteiger partial charge in [0.05, 0.1) is 11.9 Å². The highest BCUT2D eigenvalue weighted by molar-refractivity contribution is 6.31. The molecule has 150 valence electrons. The molecule has 1 saturated heterocycles. The predicted octanol–water partition coefficient (Wildman–Crippen LogP) is 4.43. The quantitative estimate of drug-likeness (QED) is 0.824. The molecule has 0 radical (unpaired) electrons. The molecular formula is C22H29ClN4O. The maximum atomic E-state index is 12.1. The van der Waals surface area contributed by atoms with Gasteiger partial charge in [-0.3, -0.25) is 9.69 Å². The van der Waals surface area contributed by atoms with Crippen LogP contribution < -0.4 is 10.2 Å². The van der Waals surface area contributed by atoms with Gasteiger partial charge in [-0.2, -0.15) is 0 Å². The number of hydrogen-bond acceptors (Lipinski definition) is 4. The minimum atomic E-state index is -0.422. The second kappa shape index (κ2) is 8.93. The standard InChI is InChI=1S/C22H29ClN4O/c1-22(2,3)21(28)25-18-9-10-20(24-15-18)27-12-6-11-26(13-14-27)16-17-7-4-5-8-19(17)23/h4-5,7-10,15H,6,11-14,16H2,1-3H3,(H,25,28). The van der Waals surface area contributed by atoms with Crippen LogP contribution in [0, 0.1) is 5.41 Å². The van der Waals surface area contributed by atoms with Crippen LogP contribution in [0.1, 0.15) is 32.8 Å². The summed E-state index contributed by atoms with van der Waals surface area (Å²) in [4.78, 5) is 21.4. The van der Waals surface area contributed by atoms with Gasteiger partial charge in [0.15, 0.2) is 0 Å². The number of nitrogens with zero attached hydrogens (tertiary/aromatic N) is 3. The van der Waals surface area contributed by atoms with E-state index < -0.39 is 5.41 Å². The van der Waals surface area contributed by atoms with Crippen LogP contribution in [0.15, 0.2) is 42.6 Å². The van der Waals surface area contributed by atoms with Crippen LogP contribution in [0.3, 0.4) is 0 Å². The molecule has 1 aromatic carbocycles. The number of aromatic nitrogens is 1. The van der Waals surface area contributed by atoms with Crippen molar-refractivity contribution in [3.63, 3.8) is 0 Å². The molecule has 2 heterocycles. The fourth-order valence-electron chi connectivity index (χ4n) is 3.19. The normalized spacial score (nSPS) is 15.9. The van der Waals surface area contributed by atoms with Crippen LogP contribution in [-0.2, 0) is 11.3 Å². The molecular weight excluding hydrogens is 372 g/mol. The van der Waals surface area contributed by atoms with E-state index in [2.05, 4.69) is 26.2 Å². The fourth-order valence-corrected chi connectivity index (χ4v) is 3.39. The summed E-state index contributed by atoms with van der Waals surface area (Å²) < 4.78 is 0. The maximum absolute atomic E-state index is 12.1. The van der Waals surface area contributed by atoms with Crippen molar-refractivity contribution in [1.29, 1.82) is 0 Å². The van der Waals surface area contributed by atoms with Crippen molar-refractivity contribution in [2.24, 2.45) is 5.41 Å². The van der Waals surface area contributed by atoms with Crippen LogP contribution in [0.25, 0.3) is 0 Å². The minimum Gasteiger partial charge on any atom is -0.355 e. The number of pyridine rings is 1. The first kappa shape index (κ1) is 20.6. The molecule has 1 N–H and O–H groups in total. The molecule has 6 heteroatoms. The van der Waals surface area contributed by atoms with E-state index in [1.165, 1.54) is 5.56 Å². The molecule has 28 heavy (non-hydrogen) atoms. The summed E-state index contributed by atoms with van der Waals surface area (Å²) in [5.74, 6) is 0.945. The molecule has 0 aliphatic carbocycles. The molecule has 0 saturated carbocycles. The van der Waals surface area contributed by atoms with Gasteiger partial charge in [0, 0.05) is 43.2 Å². The zero-order valence-corrected chi connectivity index (χ0v) is 17.7. The molecule has 1 aliphatic rings. The highest BCUT2D eigenvalue weighted by Crippen LogP contribution is 2.21. The SMILES string of the molecule is CC(C)(C)C(=O)Nc1ccc(N2CCCN(Cc3ccccc3Cl)CC2)nc1. The number of hydrogen-bond donors (Lipinski definition) is 1. The average molecular weight is 401 g/mol. The van der Waals surface area contributed by atoms with Crippen LogP contribution in [0.4, 0.5) is 11.5 Å². The van der Waals surface area contributed by atoms with Gasteiger partial charge in [0.2, 0.25) is 5.91 Å². The number of nitrogens with one attached hydrogen (secondary N) is 1. The van der Waals surface area contributed by atoms with Gasteiger partial charge >= 0.3 is 0 Å². The van der Waals surface area contributed by atoms with Gasteiger partial charge in [0.25, 0.3) is 0 Å². The molecule has 1 aromatic heterocycles. The highest BCUT2D eigenvalue weighted by atomic mass is 35.5. The summed E-state index contributed by atoms with van der Waals surface area (Å²) >= 11 is 6.31. The first-order valence-electron chi connectivity index (χ1n) is 9.81. The molecule has 1 aliphatic heterocycles. The lowest BCUT2D eigenvalue weighted by atomic mass is 9.96. The Hall–Kier alpha value is -2.11. The minimum absolute atomic E-state index is 0.00737. The molecule has 0 bridgehead atoms. The summed E-state index contributed by atoms with van der Waals surface area (Å²) in [5.41, 5.74) is 1.49. The third kappa shape index (κ3) is 5.46. The predicted molar refractivity (Wildman–Crippen MR) is 116 cm³/mol. The van der Waals surface area contributed by atoms with Crippen LogP contribution in [-0.4, -0.2) is 42.0 Å². The van der Waals surface area contributed by atoms with Crippen LogP contribution in [0.2, 0.25) is 5.02 Å². The Morgan fingerprint density at radius 2 is 1.89 bits per heavy atom. The van der Waals surface area contributed by atoms with Gasteiger partial charge in [0.1, 0.15) is 5.82 Å². The van der Waals surface area contributed by atoms with E-state index in [0.717, 1.165) is 55.7 Å². The van der Waals surface area contributed by atoms with E-state index in [0.29, 0.717) is 0 Å². The van der Waals surface area contributed by atoms with Crippen molar-refractivity contribution in [1.82, 2.24) is 9.88 Å². The molecule has 1 amide bonds. The second-order valence-electron chi connectivity index (χ2n) is 8.32. The lowest BCUT2D eigenvalue weighted by molar-refractivity contribution is -0.123. The third-order valence-electron chi connectivity index (χ3n) is 4.95. The van der Waals surface area contributed by atoms with Gasteiger partial charge in [-0.1, -0.05) is 50.6 Å². The summed E-state index contributed by atoms with van der Waals surface area (Å²) in [6, 6.07) is 12.0. The topological polar surface area (TPSA) is 48.5 Å². The van der Waals surface area contributed by atoms with E-state index in [9.17, 15) is 4.79 Å². The van der Waals surface area contributed by atoms with Crippen molar-refractivity contribution in [2.45, 2.75) is 33.7 Å². The largest absolute Gasteiger partial charge is 0.355 e. The van der Waals surface area contributed by atoms with Crippen molar-refractivity contribution >= 4 is 29.0 Å². The number of halogens is 1. The van der Waals surface area contributed by atoms with Crippen molar-refractivity contribution < 1.29 is 4.79 Å². The first-order chi connectivity index (χ1) is 13.3. The number of carbonyl (C=O) groups excluding carboxylic acids is 1. The first-order valence-corrected chi connectivity index (χ1v) is 10.2. The Kier molecular flexibility index (Phi) is 6.57. The Bertz CT molecular complexity index is 801. The number of rotatable bonds is 4. The van der Waals surface area contributed by atoms with Gasteiger partial charge in [-0.15, -0.1) is 0 Å². The molecule has 5 nitrogen and oxygen atoms in total. The van der Waals surface area contributed by atoms with E-state index in [4.69, 9.17) is 11.6 Å². The zero-order valence-electron chi connectivity index (χ0n) is 16.9. The number of anilines is 2. The van der Waals surface area contributed by atoms with E-state index in [1.54, 1.807) is 6.20 Å². The molecule has 0 spiro atoms. The maximum Gasteiger partial charge on any atom is 0.229 e. The fraction of sp³-hybridized carbons (Fsp3) is 0.455. The lowest BCUT2D eigenvalue weighted by Crippen LogP contribution is -2.31. The summed E-state index contributed by atoms with van der Waals surface area (Å²) in [6.07, 6.45) is 2.82. The number of carbonyl (C=O) groups is 1. The third-order valence-corrected chi connectivity index (χ3v) is 5.32. The van der Waals surface area contributed by atoms with Crippen molar-refractivity contribution in [2.75, 3.05) is 36.4 Å². The van der Waals surface area contributed by atoms with Gasteiger partial charge in [-0.05, 0) is 30.2 Å². The number of benzene rings is 1. The molecule has 3 rings (SSSR count). The van der Waals surface area contributed by atoms with Crippen molar-refractivity contribution in [3.05, 3.63) is 53.2 Å². The van der Waals surface area contributed by atoms with E-state index in [1.807, 2.05) is 51.1 Å². The highest BCUT2D eigenvalue weighted by Gasteiger charge is 2.21. The average Bonchev–Trinajstić information content (AvgIpc) is 2.89. The molecule has 0 unspecified atom stereocenters. The molecule has 2 aromatic rings. The Morgan fingerprint density at radius 3 is 2.57 bits per heavy atom. The van der Waals surface area contributed by atoms with Crippen LogP contribution >= 0.6 is 11.6 Å². The Balaban J connectivity index is 1.58. The molecule has 0 atom stereocenters. The monoisotopic (exact) mass is 400 g/mol. The molecule has 1 fully saturated rings. The smallest absolute Gasteiger partial charge is 0.229 e. The Morgan fingerprint density at radius 1 is 1.11 bits per heavy atom. The van der Waals surface area contributed by atoms with E-state index in [-0.39, 0.29) is 5.91 Å². The van der Waals surface area contributed by atoms with Gasteiger partial charge in [-0.25, -0.2) is 4.98 Å². The summed E-state index contributed by atoms with van der Waals surface area (Å²) in [7, 11) is 0. The second-order valence-corrected chi connectivity index (χ2v) is 8.72. The van der Waals surface area contributed by atoms with E-state index >= 15 is 0 Å². The summed E-state index contributed by atoms with van der Waals surface area (Å²) in [5, 5.41) is 3.75.